The highest BCUT2D eigenvalue weighted by atomic mass is 16.5. The third-order valence-corrected chi connectivity index (χ3v) is 2.36. The number of esters is 1. The van der Waals surface area contributed by atoms with E-state index >= 15 is 0 Å². The summed E-state index contributed by atoms with van der Waals surface area (Å²) in [5.74, 6) is 0.192. The molecule has 4 nitrogen and oxygen atoms in total. The maximum absolute atomic E-state index is 10.8. The Morgan fingerprint density at radius 3 is 2.39 bits per heavy atom. The third kappa shape index (κ3) is 3.01. The molecule has 0 heterocycles. The molecule has 2 aromatic carbocycles. The molecular formula is C14H14N2O2. The maximum Gasteiger partial charge on any atom is 0.308 e. The number of hydrogen-bond acceptors (Lipinski definition) is 4. The lowest BCUT2D eigenvalue weighted by molar-refractivity contribution is -0.131. The minimum absolute atomic E-state index is 0.331. The minimum atomic E-state index is -0.331. The van der Waals surface area contributed by atoms with E-state index in [1.165, 1.54) is 6.92 Å². The van der Waals surface area contributed by atoms with Crippen LogP contribution >= 0.6 is 0 Å². The van der Waals surface area contributed by atoms with E-state index in [9.17, 15) is 4.79 Å². The smallest absolute Gasteiger partial charge is 0.308 e. The molecule has 0 saturated carbocycles. The van der Waals surface area contributed by atoms with E-state index in [-0.39, 0.29) is 5.97 Å². The molecule has 0 aliphatic rings. The molecule has 0 fully saturated rings. The highest BCUT2D eigenvalue weighted by Crippen LogP contribution is 2.24. The standard InChI is InChI=1S/C14H14N2O2/c1-10(17)18-12-8-6-11(7-9-12)16-14-5-3-2-4-13(14)15/h2-9,16H,15H2,1H3. The fraction of sp³-hybridized carbons (Fsp3) is 0.0714. The first-order chi connectivity index (χ1) is 8.65. The van der Waals surface area contributed by atoms with Gasteiger partial charge in [0.25, 0.3) is 0 Å². The number of ether oxygens (including phenoxy) is 1. The summed E-state index contributed by atoms with van der Waals surface area (Å²) in [7, 11) is 0. The van der Waals surface area contributed by atoms with Crippen molar-refractivity contribution in [1.82, 2.24) is 0 Å². The van der Waals surface area contributed by atoms with Crippen LogP contribution in [-0.2, 0) is 4.79 Å². The lowest BCUT2D eigenvalue weighted by atomic mass is 10.2. The first kappa shape index (κ1) is 12.0. The topological polar surface area (TPSA) is 64.3 Å². The zero-order chi connectivity index (χ0) is 13.0. The van der Waals surface area contributed by atoms with Crippen LogP contribution < -0.4 is 15.8 Å². The Morgan fingerprint density at radius 1 is 1.11 bits per heavy atom. The minimum Gasteiger partial charge on any atom is -0.427 e. The molecule has 0 spiro atoms. The van der Waals surface area contributed by atoms with Crippen molar-refractivity contribution in [2.75, 3.05) is 11.1 Å². The van der Waals surface area contributed by atoms with Crippen LogP contribution in [0.1, 0.15) is 6.92 Å². The van der Waals surface area contributed by atoms with Crippen LogP contribution in [0, 0.1) is 0 Å². The molecule has 0 atom stereocenters. The van der Waals surface area contributed by atoms with E-state index in [2.05, 4.69) is 5.32 Å². The molecule has 18 heavy (non-hydrogen) atoms. The number of nitrogens with one attached hydrogen (secondary N) is 1. The van der Waals surface area contributed by atoms with Crippen LogP contribution in [0.25, 0.3) is 0 Å². The van der Waals surface area contributed by atoms with E-state index < -0.39 is 0 Å². The Labute approximate surface area is 105 Å². The normalized spacial score (nSPS) is 9.83. The van der Waals surface area contributed by atoms with Gasteiger partial charge in [-0.05, 0) is 36.4 Å². The van der Waals surface area contributed by atoms with E-state index in [4.69, 9.17) is 10.5 Å². The van der Waals surface area contributed by atoms with Crippen LogP contribution in [0.2, 0.25) is 0 Å². The Bertz CT molecular complexity index is 550. The van der Waals surface area contributed by atoms with Crippen LogP contribution in [0.5, 0.6) is 5.75 Å². The highest BCUT2D eigenvalue weighted by Gasteiger charge is 2.00. The second-order valence-electron chi connectivity index (χ2n) is 3.83. The molecule has 0 radical (unpaired) electrons. The number of carbonyl (C=O) groups is 1. The predicted octanol–water partition coefficient (Wildman–Crippen LogP) is 2.94. The van der Waals surface area contributed by atoms with Crippen LogP contribution in [0.3, 0.4) is 0 Å². The first-order valence-corrected chi connectivity index (χ1v) is 5.55. The summed E-state index contributed by atoms with van der Waals surface area (Å²) in [6.07, 6.45) is 0. The Hall–Kier alpha value is -2.49. The SMILES string of the molecule is CC(=O)Oc1ccc(Nc2ccccc2N)cc1. The summed E-state index contributed by atoms with van der Waals surface area (Å²) in [5, 5.41) is 3.19. The molecule has 3 N–H and O–H groups in total. The zero-order valence-corrected chi connectivity index (χ0v) is 10.0. The monoisotopic (exact) mass is 242 g/mol. The number of nitrogens with two attached hydrogens (primary N) is 1. The van der Waals surface area contributed by atoms with Gasteiger partial charge in [-0.1, -0.05) is 12.1 Å². The van der Waals surface area contributed by atoms with Gasteiger partial charge in [0.2, 0.25) is 0 Å². The summed E-state index contributed by atoms with van der Waals surface area (Å²) < 4.78 is 4.95. The van der Waals surface area contributed by atoms with Gasteiger partial charge in [0.15, 0.2) is 0 Å². The molecule has 0 aliphatic carbocycles. The fourth-order valence-electron chi connectivity index (χ4n) is 1.54. The summed E-state index contributed by atoms with van der Waals surface area (Å²) >= 11 is 0. The molecule has 2 rings (SSSR count). The maximum atomic E-state index is 10.8. The lowest BCUT2D eigenvalue weighted by Crippen LogP contribution is -2.01. The van der Waals surface area contributed by atoms with Gasteiger partial charge >= 0.3 is 5.97 Å². The molecule has 0 bridgehead atoms. The molecular weight excluding hydrogens is 228 g/mol. The number of hydrogen-bond donors (Lipinski definition) is 2. The molecule has 2 aromatic rings. The van der Waals surface area contributed by atoms with E-state index in [1.54, 1.807) is 12.1 Å². The average molecular weight is 242 g/mol. The quantitative estimate of drug-likeness (QED) is 0.493. The van der Waals surface area contributed by atoms with Gasteiger partial charge in [0, 0.05) is 12.6 Å². The number of rotatable bonds is 3. The largest absolute Gasteiger partial charge is 0.427 e. The number of anilines is 3. The molecule has 4 heteroatoms. The zero-order valence-electron chi connectivity index (χ0n) is 10.0. The van der Waals surface area contributed by atoms with Crippen molar-refractivity contribution in [2.24, 2.45) is 0 Å². The summed E-state index contributed by atoms with van der Waals surface area (Å²) in [6, 6.07) is 14.6. The first-order valence-electron chi connectivity index (χ1n) is 5.55. The van der Waals surface area contributed by atoms with Crippen LogP contribution in [0.4, 0.5) is 17.1 Å². The predicted molar refractivity (Wildman–Crippen MR) is 71.9 cm³/mol. The van der Waals surface area contributed by atoms with Crippen molar-refractivity contribution in [1.29, 1.82) is 0 Å². The molecule has 0 saturated heterocycles. The van der Waals surface area contributed by atoms with Gasteiger partial charge in [0.1, 0.15) is 5.75 Å². The summed E-state index contributed by atoms with van der Waals surface area (Å²) in [6.45, 7) is 1.37. The molecule has 0 aromatic heterocycles. The van der Waals surface area contributed by atoms with Crippen molar-refractivity contribution in [2.45, 2.75) is 6.92 Å². The third-order valence-electron chi connectivity index (χ3n) is 2.36. The summed E-state index contributed by atoms with van der Waals surface area (Å²) in [5.41, 5.74) is 8.24. The van der Waals surface area contributed by atoms with Crippen LogP contribution in [-0.4, -0.2) is 5.97 Å². The van der Waals surface area contributed by atoms with E-state index in [1.807, 2.05) is 36.4 Å². The average Bonchev–Trinajstić information content (AvgIpc) is 2.34. The van der Waals surface area contributed by atoms with Crippen LogP contribution in [0.15, 0.2) is 48.5 Å². The fourth-order valence-corrected chi connectivity index (χ4v) is 1.54. The Kier molecular flexibility index (Phi) is 3.48. The van der Waals surface area contributed by atoms with Crippen molar-refractivity contribution in [3.63, 3.8) is 0 Å². The molecule has 0 aliphatic heterocycles. The molecule has 92 valence electrons. The van der Waals surface area contributed by atoms with E-state index in [0.717, 1.165) is 11.4 Å². The van der Waals surface area contributed by atoms with Gasteiger partial charge in [-0.2, -0.15) is 0 Å². The van der Waals surface area contributed by atoms with Gasteiger partial charge in [-0.3, -0.25) is 4.79 Å². The summed E-state index contributed by atoms with van der Waals surface area (Å²) in [4.78, 5) is 10.8. The molecule has 0 unspecified atom stereocenters. The van der Waals surface area contributed by atoms with Crippen molar-refractivity contribution in [3.8, 4) is 5.75 Å². The lowest BCUT2D eigenvalue weighted by Gasteiger charge is -2.09. The number of para-hydroxylation sites is 2. The van der Waals surface area contributed by atoms with Crippen molar-refractivity contribution >= 4 is 23.0 Å². The van der Waals surface area contributed by atoms with E-state index in [0.29, 0.717) is 11.4 Å². The van der Waals surface area contributed by atoms with Crippen molar-refractivity contribution in [3.05, 3.63) is 48.5 Å². The molecule has 0 amide bonds. The number of nitrogen functional groups attached to an aromatic ring is 1. The van der Waals surface area contributed by atoms with Gasteiger partial charge in [-0.15, -0.1) is 0 Å². The second kappa shape index (κ2) is 5.23. The van der Waals surface area contributed by atoms with Crippen molar-refractivity contribution < 1.29 is 9.53 Å². The van der Waals surface area contributed by atoms with Gasteiger partial charge in [-0.25, -0.2) is 0 Å². The number of carbonyl (C=O) groups excluding carboxylic acids is 1. The second-order valence-corrected chi connectivity index (χ2v) is 3.83. The Morgan fingerprint density at radius 2 is 1.78 bits per heavy atom. The van der Waals surface area contributed by atoms with Gasteiger partial charge in [0.05, 0.1) is 11.4 Å². The Balaban J connectivity index is 2.11. The highest BCUT2D eigenvalue weighted by molar-refractivity contribution is 5.73. The number of benzene rings is 2. The van der Waals surface area contributed by atoms with Gasteiger partial charge < -0.3 is 15.8 Å².